The van der Waals surface area contributed by atoms with E-state index in [9.17, 15) is 22.7 Å². The number of para-hydroxylation sites is 1. The van der Waals surface area contributed by atoms with Crippen molar-refractivity contribution in [1.29, 1.82) is 0 Å². The van der Waals surface area contributed by atoms with Gasteiger partial charge in [0.15, 0.2) is 11.5 Å². The van der Waals surface area contributed by atoms with E-state index in [1.54, 1.807) is 0 Å². The summed E-state index contributed by atoms with van der Waals surface area (Å²) in [5.74, 6) is -1.60. The average Bonchev–Trinajstić information content (AvgIpc) is 2.18. The molecule has 3 nitrogen and oxygen atoms in total. The number of ether oxygens (including phenoxy) is 1. The van der Waals surface area contributed by atoms with Crippen molar-refractivity contribution < 1.29 is 27.4 Å². The summed E-state index contributed by atoms with van der Waals surface area (Å²) in [6, 6.07) is 2.14. The number of alkyl halides is 4. The monoisotopic (exact) mass is 275 g/mol. The summed E-state index contributed by atoms with van der Waals surface area (Å²) in [7, 11) is 0. The molecule has 0 unspecified atom stereocenters. The second kappa shape index (κ2) is 5.92. The van der Waals surface area contributed by atoms with Crippen LogP contribution in [0.15, 0.2) is 18.2 Å². The highest BCUT2D eigenvalue weighted by Gasteiger charge is 2.32. The number of benzene rings is 1. The van der Waals surface area contributed by atoms with Gasteiger partial charge >= 0.3 is 6.36 Å². The number of halogens is 5. The number of hydrogen-bond donors (Lipinski definition) is 2. The van der Waals surface area contributed by atoms with Crippen molar-refractivity contribution in [3.8, 4) is 11.5 Å². The number of nitrogens with two attached hydrogens (primary N) is 1. The van der Waals surface area contributed by atoms with E-state index in [4.69, 9.17) is 5.73 Å². The molecule has 1 aromatic rings. The number of rotatable bonds is 3. The van der Waals surface area contributed by atoms with E-state index in [2.05, 4.69) is 4.74 Å². The van der Waals surface area contributed by atoms with Gasteiger partial charge in [0, 0.05) is 5.56 Å². The van der Waals surface area contributed by atoms with Crippen LogP contribution in [0.25, 0.3) is 0 Å². The van der Waals surface area contributed by atoms with Gasteiger partial charge in [0.1, 0.15) is 6.67 Å². The minimum Gasteiger partial charge on any atom is -0.504 e. The van der Waals surface area contributed by atoms with E-state index in [-0.39, 0.29) is 18.0 Å². The quantitative estimate of drug-likeness (QED) is 0.834. The highest BCUT2D eigenvalue weighted by molar-refractivity contribution is 5.85. The Hall–Kier alpha value is -1.21. The zero-order valence-electron chi connectivity index (χ0n) is 8.37. The molecule has 0 bridgehead atoms. The Morgan fingerprint density at radius 1 is 1.35 bits per heavy atom. The molecule has 0 aliphatic heterocycles. The third-order valence-electron chi connectivity index (χ3n) is 1.82. The van der Waals surface area contributed by atoms with Gasteiger partial charge in [-0.3, -0.25) is 0 Å². The molecule has 0 heterocycles. The van der Waals surface area contributed by atoms with Crippen molar-refractivity contribution in [2.45, 2.75) is 12.4 Å². The molecule has 0 aliphatic rings. The fourth-order valence-electron chi connectivity index (χ4n) is 1.13. The molecule has 1 rings (SSSR count). The maximum atomic E-state index is 12.2. The van der Waals surface area contributed by atoms with Crippen LogP contribution >= 0.6 is 12.4 Å². The van der Waals surface area contributed by atoms with Gasteiger partial charge in [-0.15, -0.1) is 25.6 Å². The summed E-state index contributed by atoms with van der Waals surface area (Å²) in [5, 5.41) is 9.38. The minimum atomic E-state index is -4.92. The minimum absolute atomic E-state index is 0. The Morgan fingerprint density at radius 3 is 2.41 bits per heavy atom. The first-order valence-electron chi connectivity index (χ1n) is 4.24. The molecule has 0 fully saturated rings. The Morgan fingerprint density at radius 2 is 1.94 bits per heavy atom. The van der Waals surface area contributed by atoms with Gasteiger partial charge in [-0.1, -0.05) is 12.1 Å². The van der Waals surface area contributed by atoms with Crippen molar-refractivity contribution >= 4 is 12.4 Å². The summed E-state index contributed by atoms with van der Waals surface area (Å²) in [5.41, 5.74) is 5.12. The van der Waals surface area contributed by atoms with Gasteiger partial charge in [0.2, 0.25) is 0 Å². The lowest BCUT2D eigenvalue weighted by Gasteiger charge is -2.14. The second-order valence-electron chi connectivity index (χ2n) is 3.00. The lowest BCUT2D eigenvalue weighted by atomic mass is 10.1. The first-order valence-corrected chi connectivity index (χ1v) is 4.24. The zero-order chi connectivity index (χ0) is 12.3. The van der Waals surface area contributed by atoms with Crippen molar-refractivity contribution in [2.24, 2.45) is 5.73 Å². The molecule has 0 amide bonds. The van der Waals surface area contributed by atoms with Gasteiger partial charge in [0.05, 0.1) is 6.04 Å². The smallest absolute Gasteiger partial charge is 0.504 e. The van der Waals surface area contributed by atoms with Gasteiger partial charge in [-0.05, 0) is 6.07 Å². The van der Waals surface area contributed by atoms with Crippen molar-refractivity contribution in [3.05, 3.63) is 23.8 Å². The van der Waals surface area contributed by atoms with Gasteiger partial charge in [-0.2, -0.15) is 0 Å². The number of aromatic hydroxyl groups is 1. The summed E-state index contributed by atoms with van der Waals surface area (Å²) in [4.78, 5) is 0. The van der Waals surface area contributed by atoms with Crippen LogP contribution in [-0.2, 0) is 0 Å². The number of phenols is 1. The molecule has 0 saturated heterocycles. The first kappa shape index (κ1) is 15.8. The molecule has 3 N–H and O–H groups in total. The predicted octanol–water partition coefficient (Wildman–Crippen LogP) is 2.68. The van der Waals surface area contributed by atoms with Crippen LogP contribution in [0.2, 0.25) is 0 Å². The van der Waals surface area contributed by atoms with Crippen molar-refractivity contribution in [3.63, 3.8) is 0 Å². The van der Waals surface area contributed by atoms with Crippen LogP contribution in [0, 0.1) is 0 Å². The number of phenolic OH excluding ortho intramolecular Hbond substituents is 1. The van der Waals surface area contributed by atoms with Crippen LogP contribution in [0.1, 0.15) is 11.6 Å². The third kappa shape index (κ3) is 4.27. The molecule has 98 valence electrons. The zero-order valence-corrected chi connectivity index (χ0v) is 9.19. The van der Waals surface area contributed by atoms with Crippen LogP contribution in [0.4, 0.5) is 17.6 Å². The van der Waals surface area contributed by atoms with Gasteiger partial charge in [-0.25, -0.2) is 4.39 Å². The highest BCUT2D eigenvalue weighted by Crippen LogP contribution is 2.36. The predicted molar refractivity (Wildman–Crippen MR) is 54.9 cm³/mol. The molecule has 8 heteroatoms. The Kier molecular flexibility index (Phi) is 5.50. The van der Waals surface area contributed by atoms with Crippen molar-refractivity contribution in [1.82, 2.24) is 0 Å². The SMILES string of the molecule is Cl.N[C@H](CF)c1cccc(OC(F)(F)F)c1O. The van der Waals surface area contributed by atoms with Crippen LogP contribution in [0.5, 0.6) is 11.5 Å². The maximum Gasteiger partial charge on any atom is 0.573 e. The summed E-state index contributed by atoms with van der Waals surface area (Å²) >= 11 is 0. The molecule has 0 saturated carbocycles. The number of hydrogen-bond acceptors (Lipinski definition) is 3. The fraction of sp³-hybridized carbons (Fsp3) is 0.333. The third-order valence-corrected chi connectivity index (χ3v) is 1.82. The van der Waals surface area contributed by atoms with E-state index in [0.29, 0.717) is 0 Å². The van der Waals surface area contributed by atoms with Gasteiger partial charge < -0.3 is 15.6 Å². The molecule has 0 radical (unpaired) electrons. The normalized spacial score (nSPS) is 12.8. The Labute approximate surface area is 101 Å². The summed E-state index contributed by atoms with van der Waals surface area (Å²) in [6.07, 6.45) is -4.92. The average molecular weight is 276 g/mol. The lowest BCUT2D eigenvalue weighted by molar-refractivity contribution is -0.275. The van der Waals surface area contributed by atoms with E-state index < -0.39 is 30.6 Å². The van der Waals surface area contributed by atoms with Crippen LogP contribution < -0.4 is 10.5 Å². The Bertz CT molecular complexity index is 373. The highest BCUT2D eigenvalue weighted by atomic mass is 35.5. The second-order valence-corrected chi connectivity index (χ2v) is 3.00. The molecule has 1 aromatic carbocycles. The first-order chi connectivity index (χ1) is 7.35. The standard InChI is InChI=1S/C9H9F4NO2.ClH/c10-4-6(14)5-2-1-3-7(8(5)15)16-9(11,12)13;/h1-3,6,15H,4,14H2;1H/t6-;/m1./s1. The molecule has 0 aliphatic carbocycles. The van der Waals surface area contributed by atoms with Crippen LogP contribution in [-0.4, -0.2) is 18.1 Å². The Balaban J connectivity index is 0.00000256. The maximum absolute atomic E-state index is 12.2. The lowest BCUT2D eigenvalue weighted by Crippen LogP contribution is -2.18. The fourth-order valence-corrected chi connectivity index (χ4v) is 1.13. The van der Waals surface area contributed by atoms with E-state index >= 15 is 0 Å². The summed E-state index contributed by atoms with van der Waals surface area (Å²) < 4.78 is 51.5. The van der Waals surface area contributed by atoms with Crippen molar-refractivity contribution in [2.75, 3.05) is 6.67 Å². The molecule has 17 heavy (non-hydrogen) atoms. The van der Waals surface area contributed by atoms with E-state index in [1.807, 2.05) is 0 Å². The van der Waals surface area contributed by atoms with E-state index in [1.165, 1.54) is 12.1 Å². The molecule has 0 spiro atoms. The van der Waals surface area contributed by atoms with E-state index in [0.717, 1.165) is 6.07 Å². The molecule has 1 atom stereocenters. The molecule has 0 aromatic heterocycles. The van der Waals surface area contributed by atoms with Gasteiger partial charge in [0.25, 0.3) is 0 Å². The van der Waals surface area contributed by atoms with Crippen LogP contribution in [0.3, 0.4) is 0 Å². The molecular weight excluding hydrogens is 266 g/mol. The topological polar surface area (TPSA) is 55.5 Å². The molecular formula is C9H10ClF4NO2. The largest absolute Gasteiger partial charge is 0.573 e. The summed E-state index contributed by atoms with van der Waals surface area (Å²) in [6.45, 7) is -0.997.